The van der Waals surface area contributed by atoms with Crippen molar-refractivity contribution in [2.24, 2.45) is 0 Å². The topological polar surface area (TPSA) is 92.3 Å². The van der Waals surface area contributed by atoms with Crippen LogP contribution in [0.2, 0.25) is 0 Å². The van der Waals surface area contributed by atoms with E-state index in [0.717, 1.165) is 112 Å². The fourth-order valence-electron chi connectivity index (χ4n) is 5.76. The summed E-state index contributed by atoms with van der Waals surface area (Å²) in [5.41, 5.74) is 3.66. The highest BCUT2D eigenvalue weighted by Gasteiger charge is 2.30. The van der Waals surface area contributed by atoms with Crippen molar-refractivity contribution in [1.82, 2.24) is 19.8 Å². The van der Waals surface area contributed by atoms with E-state index in [0.29, 0.717) is 13.2 Å². The van der Waals surface area contributed by atoms with Crippen LogP contribution in [0.5, 0.6) is 5.75 Å². The van der Waals surface area contributed by atoms with Crippen molar-refractivity contribution in [2.75, 3.05) is 82.5 Å². The SMILES string of the molecule is O=C(Nc1ccc(N2CCOCC2)cc1)N1CCCCC1c1ncnc2cc(OCCN3CCOCC3)ccc12. The summed E-state index contributed by atoms with van der Waals surface area (Å²) in [6.07, 6.45) is 4.50. The van der Waals surface area contributed by atoms with Gasteiger partial charge in [-0.05, 0) is 55.7 Å². The number of nitrogens with one attached hydrogen (secondary N) is 1. The van der Waals surface area contributed by atoms with Gasteiger partial charge < -0.3 is 29.3 Å². The Labute approximate surface area is 235 Å². The zero-order valence-electron chi connectivity index (χ0n) is 23.0. The maximum absolute atomic E-state index is 13.5. The number of urea groups is 1. The molecule has 1 N–H and O–H groups in total. The summed E-state index contributed by atoms with van der Waals surface area (Å²) in [5.74, 6) is 0.796. The van der Waals surface area contributed by atoms with Crippen LogP contribution in [-0.4, -0.2) is 98.1 Å². The number of rotatable bonds is 7. The average molecular weight is 547 g/mol. The number of morpholine rings is 2. The lowest BCUT2D eigenvalue weighted by Gasteiger charge is -2.35. The third-order valence-corrected chi connectivity index (χ3v) is 7.99. The first-order valence-electron chi connectivity index (χ1n) is 14.4. The molecule has 1 unspecified atom stereocenters. The molecule has 0 spiro atoms. The number of ether oxygens (including phenoxy) is 3. The molecular formula is C30H38N6O4. The van der Waals surface area contributed by atoms with Crippen LogP contribution in [0.4, 0.5) is 16.2 Å². The Balaban J connectivity index is 1.13. The maximum atomic E-state index is 13.5. The third-order valence-electron chi connectivity index (χ3n) is 7.99. The quantitative estimate of drug-likeness (QED) is 0.477. The predicted octanol–water partition coefficient (Wildman–Crippen LogP) is 3.94. The van der Waals surface area contributed by atoms with E-state index < -0.39 is 0 Å². The summed E-state index contributed by atoms with van der Waals surface area (Å²) in [6.45, 7) is 8.91. The van der Waals surface area contributed by atoms with Crippen molar-refractivity contribution in [1.29, 1.82) is 0 Å². The smallest absolute Gasteiger partial charge is 0.322 e. The van der Waals surface area contributed by atoms with E-state index in [1.807, 2.05) is 35.2 Å². The standard InChI is InChI=1S/C30H38N6O4/c37-30(33-23-4-6-24(7-5-23)35-14-18-39-19-15-35)36-10-2-1-3-28(36)29-26-9-8-25(21-27(26)31-22-32-29)40-20-13-34-11-16-38-17-12-34/h4-9,21-22,28H,1-3,10-20H2,(H,33,37). The van der Waals surface area contributed by atoms with Gasteiger partial charge in [-0.2, -0.15) is 0 Å². The number of carbonyl (C=O) groups excluding carboxylic acids is 1. The van der Waals surface area contributed by atoms with Gasteiger partial charge in [0.2, 0.25) is 0 Å². The second-order valence-corrected chi connectivity index (χ2v) is 10.5. The molecule has 0 aliphatic carbocycles. The summed E-state index contributed by atoms with van der Waals surface area (Å²) in [5, 5.41) is 4.08. The molecule has 40 heavy (non-hydrogen) atoms. The van der Waals surface area contributed by atoms with Gasteiger partial charge in [-0.15, -0.1) is 0 Å². The lowest BCUT2D eigenvalue weighted by molar-refractivity contribution is 0.0322. The van der Waals surface area contributed by atoms with Crippen LogP contribution >= 0.6 is 0 Å². The normalized spacial score (nSPS) is 20.4. The monoisotopic (exact) mass is 546 g/mol. The molecule has 10 nitrogen and oxygen atoms in total. The van der Waals surface area contributed by atoms with E-state index >= 15 is 0 Å². The van der Waals surface area contributed by atoms with Gasteiger partial charge in [0.15, 0.2) is 0 Å². The number of hydrogen-bond donors (Lipinski definition) is 1. The van der Waals surface area contributed by atoms with Crippen molar-refractivity contribution in [3.8, 4) is 5.75 Å². The Bertz CT molecular complexity index is 1280. The number of aromatic nitrogens is 2. The van der Waals surface area contributed by atoms with E-state index in [-0.39, 0.29) is 12.1 Å². The zero-order chi connectivity index (χ0) is 27.1. The highest BCUT2D eigenvalue weighted by atomic mass is 16.5. The Hall–Kier alpha value is -3.47. The van der Waals surface area contributed by atoms with Gasteiger partial charge in [-0.3, -0.25) is 4.90 Å². The number of hydrogen-bond acceptors (Lipinski definition) is 8. The minimum absolute atomic E-state index is 0.0985. The van der Waals surface area contributed by atoms with Crippen LogP contribution in [0.3, 0.4) is 0 Å². The molecule has 6 rings (SSSR count). The molecule has 3 aliphatic heterocycles. The summed E-state index contributed by atoms with van der Waals surface area (Å²) >= 11 is 0. The van der Waals surface area contributed by atoms with Crippen LogP contribution in [0.15, 0.2) is 48.8 Å². The Morgan fingerprint density at radius 1 is 0.925 bits per heavy atom. The second-order valence-electron chi connectivity index (χ2n) is 10.5. The highest BCUT2D eigenvalue weighted by Crippen LogP contribution is 2.34. The Morgan fingerprint density at radius 2 is 1.70 bits per heavy atom. The van der Waals surface area contributed by atoms with Crippen molar-refractivity contribution in [3.63, 3.8) is 0 Å². The number of carbonyl (C=O) groups is 1. The van der Waals surface area contributed by atoms with Gasteiger partial charge >= 0.3 is 6.03 Å². The van der Waals surface area contributed by atoms with Gasteiger partial charge in [0.05, 0.1) is 43.7 Å². The number of anilines is 2. The van der Waals surface area contributed by atoms with Gasteiger partial charge in [0, 0.05) is 62.1 Å². The molecule has 10 heteroatoms. The first-order chi connectivity index (χ1) is 19.7. The minimum atomic E-state index is -0.111. The third kappa shape index (κ3) is 6.29. The van der Waals surface area contributed by atoms with E-state index in [4.69, 9.17) is 14.2 Å². The van der Waals surface area contributed by atoms with Gasteiger partial charge in [0.1, 0.15) is 18.7 Å². The summed E-state index contributed by atoms with van der Waals surface area (Å²) < 4.78 is 16.9. The first kappa shape index (κ1) is 26.7. The van der Waals surface area contributed by atoms with Crippen molar-refractivity contribution in [2.45, 2.75) is 25.3 Å². The molecule has 1 atom stereocenters. The van der Waals surface area contributed by atoms with Gasteiger partial charge in [-0.1, -0.05) is 0 Å². The number of fused-ring (bicyclic) bond motifs is 1. The molecule has 0 bridgehead atoms. The molecule has 1 aromatic heterocycles. The Morgan fingerprint density at radius 3 is 2.50 bits per heavy atom. The van der Waals surface area contributed by atoms with Crippen LogP contribution < -0.4 is 15.0 Å². The molecule has 3 aromatic rings. The molecule has 4 heterocycles. The van der Waals surface area contributed by atoms with E-state index in [1.54, 1.807) is 6.33 Å². The van der Waals surface area contributed by atoms with Crippen LogP contribution in [0, 0.1) is 0 Å². The minimum Gasteiger partial charge on any atom is -0.492 e. The van der Waals surface area contributed by atoms with Crippen LogP contribution in [-0.2, 0) is 9.47 Å². The Kier molecular flexibility index (Phi) is 8.56. The molecule has 3 aliphatic rings. The molecule has 2 aromatic carbocycles. The summed E-state index contributed by atoms with van der Waals surface area (Å²) in [7, 11) is 0. The predicted molar refractivity (Wildman–Crippen MR) is 154 cm³/mol. The molecule has 0 radical (unpaired) electrons. The first-order valence-corrected chi connectivity index (χ1v) is 14.4. The van der Waals surface area contributed by atoms with Crippen molar-refractivity contribution >= 4 is 28.3 Å². The lowest BCUT2D eigenvalue weighted by Crippen LogP contribution is -2.41. The van der Waals surface area contributed by atoms with Gasteiger partial charge in [0.25, 0.3) is 0 Å². The summed E-state index contributed by atoms with van der Waals surface area (Å²) in [6, 6.07) is 13.9. The lowest BCUT2D eigenvalue weighted by atomic mass is 9.96. The molecule has 212 valence electrons. The summed E-state index contributed by atoms with van der Waals surface area (Å²) in [4.78, 5) is 29.3. The molecule has 3 fully saturated rings. The largest absolute Gasteiger partial charge is 0.492 e. The molecule has 0 saturated carbocycles. The maximum Gasteiger partial charge on any atom is 0.322 e. The highest BCUT2D eigenvalue weighted by molar-refractivity contribution is 5.90. The fraction of sp³-hybridized carbons (Fsp3) is 0.500. The molecular weight excluding hydrogens is 508 g/mol. The molecule has 3 saturated heterocycles. The number of piperidine rings is 1. The zero-order valence-corrected chi connectivity index (χ0v) is 23.0. The van der Waals surface area contributed by atoms with E-state index in [9.17, 15) is 4.79 Å². The molecule has 2 amide bonds. The fourth-order valence-corrected chi connectivity index (χ4v) is 5.76. The van der Waals surface area contributed by atoms with E-state index in [1.165, 1.54) is 0 Å². The number of likely N-dealkylation sites (tertiary alicyclic amines) is 1. The van der Waals surface area contributed by atoms with Gasteiger partial charge in [-0.25, -0.2) is 14.8 Å². The number of benzene rings is 2. The van der Waals surface area contributed by atoms with E-state index in [2.05, 4.69) is 37.2 Å². The second kappa shape index (κ2) is 12.8. The van der Waals surface area contributed by atoms with Crippen LogP contribution in [0.25, 0.3) is 10.9 Å². The average Bonchev–Trinajstić information content (AvgIpc) is 3.02. The van der Waals surface area contributed by atoms with Crippen molar-refractivity contribution < 1.29 is 19.0 Å². The number of nitrogens with zero attached hydrogens (tertiary/aromatic N) is 5. The van der Waals surface area contributed by atoms with Crippen LogP contribution in [0.1, 0.15) is 31.0 Å². The number of amides is 2. The van der Waals surface area contributed by atoms with Crippen molar-refractivity contribution in [3.05, 3.63) is 54.5 Å².